The first-order valence-corrected chi connectivity index (χ1v) is 7.68. The SMILES string of the molecule is O=C(NNS(=O)(=O)/C=C/c1ccc(Cl)cc1)c1ccco1. The van der Waals surface area contributed by atoms with Crippen LogP contribution in [0.25, 0.3) is 6.08 Å². The van der Waals surface area contributed by atoms with Crippen molar-refractivity contribution in [2.75, 3.05) is 0 Å². The van der Waals surface area contributed by atoms with Gasteiger partial charge in [-0.25, -0.2) is 8.42 Å². The van der Waals surface area contributed by atoms with Crippen LogP contribution < -0.4 is 10.3 Å². The predicted octanol–water partition coefficient (Wildman–Crippen LogP) is 2.17. The Morgan fingerprint density at radius 1 is 1.19 bits per heavy atom. The van der Waals surface area contributed by atoms with Crippen LogP contribution in [-0.2, 0) is 10.0 Å². The molecule has 21 heavy (non-hydrogen) atoms. The Bertz CT molecular complexity index is 737. The third kappa shape index (κ3) is 4.75. The first-order valence-electron chi connectivity index (χ1n) is 5.75. The summed E-state index contributed by atoms with van der Waals surface area (Å²) in [4.78, 5) is 13.4. The molecule has 2 aromatic rings. The molecule has 0 unspecified atom stereocenters. The van der Waals surface area contributed by atoms with Gasteiger partial charge >= 0.3 is 5.91 Å². The van der Waals surface area contributed by atoms with Crippen molar-refractivity contribution in [2.45, 2.75) is 0 Å². The summed E-state index contributed by atoms with van der Waals surface area (Å²) in [7, 11) is -3.81. The Kier molecular flexibility index (Phi) is 4.79. The fourth-order valence-electron chi connectivity index (χ4n) is 1.36. The fourth-order valence-corrected chi connectivity index (χ4v) is 2.13. The molecular weight excluding hydrogens is 316 g/mol. The molecule has 0 aliphatic carbocycles. The van der Waals surface area contributed by atoms with Gasteiger partial charge < -0.3 is 4.42 Å². The van der Waals surface area contributed by atoms with Gasteiger partial charge in [-0.1, -0.05) is 23.7 Å². The second kappa shape index (κ2) is 6.57. The van der Waals surface area contributed by atoms with Crippen LogP contribution in [0.5, 0.6) is 0 Å². The molecule has 0 saturated carbocycles. The van der Waals surface area contributed by atoms with E-state index in [9.17, 15) is 13.2 Å². The quantitative estimate of drug-likeness (QED) is 0.824. The average Bonchev–Trinajstić information content (AvgIpc) is 2.99. The minimum atomic E-state index is -3.81. The van der Waals surface area contributed by atoms with Gasteiger partial charge in [0.05, 0.1) is 6.26 Å². The van der Waals surface area contributed by atoms with E-state index in [1.54, 1.807) is 24.3 Å². The van der Waals surface area contributed by atoms with E-state index in [-0.39, 0.29) is 5.76 Å². The average molecular weight is 327 g/mol. The zero-order chi connectivity index (χ0) is 15.3. The molecule has 0 radical (unpaired) electrons. The maximum Gasteiger partial charge on any atom is 0.301 e. The van der Waals surface area contributed by atoms with E-state index in [2.05, 4.69) is 0 Å². The molecule has 0 aliphatic heterocycles. The van der Waals surface area contributed by atoms with E-state index in [1.165, 1.54) is 24.5 Å². The number of hydrogen-bond donors (Lipinski definition) is 2. The summed E-state index contributed by atoms with van der Waals surface area (Å²) in [5.41, 5.74) is 2.68. The number of carbonyl (C=O) groups excluding carboxylic acids is 1. The van der Waals surface area contributed by atoms with Crippen molar-refractivity contribution in [1.82, 2.24) is 10.3 Å². The van der Waals surface area contributed by atoms with Crippen molar-refractivity contribution in [3.63, 3.8) is 0 Å². The second-order valence-electron chi connectivity index (χ2n) is 3.93. The Labute approximate surface area is 126 Å². The van der Waals surface area contributed by atoms with Crippen LogP contribution in [0.3, 0.4) is 0 Å². The highest BCUT2D eigenvalue weighted by molar-refractivity contribution is 7.92. The Hall–Kier alpha value is -2.09. The smallest absolute Gasteiger partial charge is 0.301 e. The van der Waals surface area contributed by atoms with Gasteiger partial charge in [-0.2, -0.15) is 0 Å². The van der Waals surface area contributed by atoms with Crippen molar-refractivity contribution >= 4 is 33.6 Å². The van der Waals surface area contributed by atoms with Gasteiger partial charge in [0.15, 0.2) is 5.76 Å². The molecule has 1 aromatic heterocycles. The van der Waals surface area contributed by atoms with Crippen LogP contribution in [0.2, 0.25) is 5.02 Å². The molecule has 1 aromatic carbocycles. The third-order valence-electron chi connectivity index (χ3n) is 2.36. The summed E-state index contributed by atoms with van der Waals surface area (Å²) in [5, 5.41) is 1.48. The van der Waals surface area contributed by atoms with Crippen LogP contribution >= 0.6 is 11.6 Å². The molecule has 8 heteroatoms. The van der Waals surface area contributed by atoms with Crippen LogP contribution in [0, 0.1) is 0 Å². The van der Waals surface area contributed by atoms with Crippen LogP contribution in [0.15, 0.2) is 52.5 Å². The van der Waals surface area contributed by atoms with Crippen molar-refractivity contribution in [1.29, 1.82) is 0 Å². The predicted molar refractivity (Wildman–Crippen MR) is 78.7 cm³/mol. The van der Waals surface area contributed by atoms with E-state index in [1.807, 2.05) is 10.3 Å². The largest absolute Gasteiger partial charge is 0.459 e. The van der Waals surface area contributed by atoms with Gasteiger partial charge in [-0.15, -0.1) is 4.83 Å². The molecule has 0 spiro atoms. The van der Waals surface area contributed by atoms with Crippen molar-refractivity contribution in [3.05, 3.63) is 64.4 Å². The number of rotatable bonds is 5. The first kappa shape index (κ1) is 15.3. The van der Waals surface area contributed by atoms with Gasteiger partial charge in [0.2, 0.25) is 0 Å². The normalized spacial score (nSPS) is 11.7. The number of sulfonamides is 1. The lowest BCUT2D eigenvalue weighted by Crippen LogP contribution is -2.40. The molecule has 1 heterocycles. The summed E-state index contributed by atoms with van der Waals surface area (Å²) >= 11 is 5.72. The molecule has 0 fully saturated rings. The summed E-state index contributed by atoms with van der Waals surface area (Å²) in [6.07, 6.45) is 2.68. The first-order chi connectivity index (χ1) is 9.96. The molecule has 0 bridgehead atoms. The van der Waals surface area contributed by atoms with Crippen LogP contribution in [0.4, 0.5) is 0 Å². The third-order valence-corrected chi connectivity index (χ3v) is 3.49. The van der Waals surface area contributed by atoms with E-state index in [0.717, 1.165) is 5.41 Å². The van der Waals surface area contributed by atoms with Crippen molar-refractivity contribution in [2.24, 2.45) is 0 Å². The number of hydrogen-bond acceptors (Lipinski definition) is 4. The van der Waals surface area contributed by atoms with Crippen LogP contribution in [-0.4, -0.2) is 14.3 Å². The fraction of sp³-hybridized carbons (Fsp3) is 0. The summed E-state index contributed by atoms with van der Waals surface area (Å²) in [5.74, 6) is -0.692. The highest BCUT2D eigenvalue weighted by atomic mass is 35.5. The van der Waals surface area contributed by atoms with E-state index < -0.39 is 15.9 Å². The maximum atomic E-state index is 11.7. The van der Waals surface area contributed by atoms with E-state index >= 15 is 0 Å². The number of furan rings is 1. The zero-order valence-electron chi connectivity index (χ0n) is 10.6. The standard InChI is InChI=1S/C13H11ClN2O4S/c14-11-5-3-10(4-6-11)7-9-21(18,19)16-15-13(17)12-2-1-8-20-12/h1-9,16H,(H,15,17)/b9-7+. The molecular formula is C13H11ClN2O4S. The Morgan fingerprint density at radius 2 is 1.90 bits per heavy atom. The lowest BCUT2D eigenvalue weighted by Gasteiger charge is -2.03. The summed E-state index contributed by atoms with van der Waals surface area (Å²) < 4.78 is 28.2. The molecule has 0 aliphatic rings. The van der Waals surface area contributed by atoms with Gasteiger partial charge in [0, 0.05) is 10.4 Å². The number of benzene rings is 1. The number of carbonyl (C=O) groups is 1. The second-order valence-corrected chi connectivity index (χ2v) is 5.94. The number of halogens is 1. The maximum absolute atomic E-state index is 11.7. The molecule has 2 N–H and O–H groups in total. The highest BCUT2D eigenvalue weighted by Gasteiger charge is 2.11. The van der Waals surface area contributed by atoms with Gasteiger partial charge in [0.1, 0.15) is 0 Å². The number of nitrogens with one attached hydrogen (secondary N) is 2. The van der Waals surface area contributed by atoms with E-state index in [0.29, 0.717) is 10.6 Å². The lowest BCUT2D eigenvalue weighted by molar-refractivity contribution is 0.0917. The van der Waals surface area contributed by atoms with Gasteiger partial charge in [0.25, 0.3) is 10.0 Å². The molecule has 6 nitrogen and oxygen atoms in total. The Morgan fingerprint density at radius 3 is 2.52 bits per heavy atom. The van der Waals surface area contributed by atoms with Crippen LogP contribution in [0.1, 0.15) is 16.1 Å². The van der Waals surface area contributed by atoms with Gasteiger partial charge in [-0.3, -0.25) is 10.2 Å². The molecule has 0 saturated heterocycles. The minimum Gasteiger partial charge on any atom is -0.459 e. The summed E-state index contributed by atoms with van der Waals surface area (Å²) in [6, 6.07) is 9.53. The number of hydrazine groups is 1. The molecule has 110 valence electrons. The topological polar surface area (TPSA) is 88.4 Å². The number of amides is 1. The minimum absolute atomic E-state index is 0.000573. The van der Waals surface area contributed by atoms with E-state index in [4.69, 9.17) is 16.0 Å². The zero-order valence-corrected chi connectivity index (χ0v) is 12.2. The van der Waals surface area contributed by atoms with Gasteiger partial charge in [-0.05, 0) is 35.9 Å². The lowest BCUT2D eigenvalue weighted by atomic mass is 10.2. The van der Waals surface area contributed by atoms with Crippen molar-refractivity contribution < 1.29 is 17.6 Å². The monoisotopic (exact) mass is 326 g/mol. The summed E-state index contributed by atoms with van der Waals surface area (Å²) in [6.45, 7) is 0. The Balaban J connectivity index is 1.96. The highest BCUT2D eigenvalue weighted by Crippen LogP contribution is 2.11. The molecule has 1 amide bonds. The molecule has 0 atom stereocenters. The molecule has 2 rings (SSSR count). The van der Waals surface area contributed by atoms with Crippen molar-refractivity contribution in [3.8, 4) is 0 Å².